The third kappa shape index (κ3) is 4.69. The molecule has 1 aliphatic carbocycles. The van der Waals surface area contributed by atoms with Gasteiger partial charge in [-0.15, -0.1) is 0 Å². The summed E-state index contributed by atoms with van der Waals surface area (Å²) in [5, 5.41) is 36.1. The maximum absolute atomic E-state index is 11.4. The molecule has 0 spiro atoms. The Balaban J connectivity index is 1.88. The molecule has 3 N–H and O–H groups in total. The van der Waals surface area contributed by atoms with Crippen molar-refractivity contribution >= 4 is 39.1 Å². The standard InChI is InChI=1S/C17H17BrN6O3/c18-13-7-14(24(26)27)17(22-15-5-4-10(8-19)9-20-15)23-16(13)21-11-2-1-3-12(25)6-11/h4-5,7,9,11-12,25H,1-3,6H2,(H2,20,21,22,23). The van der Waals surface area contributed by atoms with Gasteiger partial charge in [0.15, 0.2) is 0 Å². The number of nitriles is 1. The molecule has 3 rings (SSSR count). The van der Waals surface area contributed by atoms with Crippen LogP contribution in [0.1, 0.15) is 31.2 Å². The Morgan fingerprint density at radius 1 is 1.37 bits per heavy atom. The van der Waals surface area contributed by atoms with E-state index in [4.69, 9.17) is 5.26 Å². The number of aliphatic hydroxyl groups excluding tert-OH is 1. The largest absolute Gasteiger partial charge is 0.393 e. The third-order valence-electron chi connectivity index (χ3n) is 4.28. The zero-order chi connectivity index (χ0) is 19.4. The van der Waals surface area contributed by atoms with Crippen LogP contribution in [-0.4, -0.2) is 32.1 Å². The summed E-state index contributed by atoms with van der Waals surface area (Å²) in [7, 11) is 0. The lowest BCUT2D eigenvalue weighted by molar-refractivity contribution is -0.384. The lowest BCUT2D eigenvalue weighted by atomic mass is 9.93. The Kier molecular flexibility index (Phi) is 5.83. The Bertz CT molecular complexity index is 883. The van der Waals surface area contributed by atoms with Gasteiger partial charge in [-0.2, -0.15) is 5.26 Å². The smallest absolute Gasteiger partial charge is 0.313 e. The quantitative estimate of drug-likeness (QED) is 0.482. The molecular weight excluding hydrogens is 416 g/mol. The summed E-state index contributed by atoms with van der Waals surface area (Å²) < 4.78 is 0.465. The number of nitrogens with zero attached hydrogens (tertiary/aromatic N) is 4. The van der Waals surface area contributed by atoms with Gasteiger partial charge in [-0.1, -0.05) is 0 Å². The van der Waals surface area contributed by atoms with Crippen LogP contribution in [0, 0.1) is 21.4 Å². The molecule has 140 valence electrons. The van der Waals surface area contributed by atoms with E-state index in [1.165, 1.54) is 12.3 Å². The zero-order valence-electron chi connectivity index (χ0n) is 14.2. The van der Waals surface area contributed by atoms with Crippen molar-refractivity contribution in [3.05, 3.63) is 44.5 Å². The van der Waals surface area contributed by atoms with Crippen LogP contribution >= 0.6 is 15.9 Å². The number of nitro groups is 1. The van der Waals surface area contributed by atoms with Crippen LogP contribution in [0.3, 0.4) is 0 Å². The SMILES string of the molecule is N#Cc1ccc(Nc2nc(NC3CCCC(O)C3)c(Br)cc2[N+](=O)[O-])nc1. The first-order valence-corrected chi connectivity index (χ1v) is 9.18. The van der Waals surface area contributed by atoms with Gasteiger partial charge < -0.3 is 15.7 Å². The minimum atomic E-state index is -0.530. The highest BCUT2D eigenvalue weighted by atomic mass is 79.9. The molecule has 2 aromatic heterocycles. The van der Waals surface area contributed by atoms with Gasteiger partial charge in [0, 0.05) is 18.3 Å². The minimum Gasteiger partial charge on any atom is -0.393 e. The fourth-order valence-corrected chi connectivity index (χ4v) is 3.38. The van der Waals surface area contributed by atoms with Crippen molar-refractivity contribution < 1.29 is 10.0 Å². The van der Waals surface area contributed by atoms with Crippen molar-refractivity contribution in [2.75, 3.05) is 10.6 Å². The van der Waals surface area contributed by atoms with Gasteiger partial charge in [0.25, 0.3) is 0 Å². The summed E-state index contributed by atoms with van der Waals surface area (Å²) >= 11 is 3.32. The summed E-state index contributed by atoms with van der Waals surface area (Å²) in [6.45, 7) is 0. The Labute approximate surface area is 163 Å². The van der Waals surface area contributed by atoms with Crippen LogP contribution in [0.25, 0.3) is 0 Å². The Morgan fingerprint density at radius 3 is 2.81 bits per heavy atom. The van der Waals surface area contributed by atoms with Gasteiger partial charge in [-0.05, 0) is 53.7 Å². The molecule has 0 aromatic carbocycles. The van der Waals surface area contributed by atoms with E-state index in [1.54, 1.807) is 12.1 Å². The number of nitrogens with one attached hydrogen (secondary N) is 2. The molecule has 0 amide bonds. The second kappa shape index (κ2) is 8.28. The average molecular weight is 433 g/mol. The lowest BCUT2D eigenvalue weighted by Gasteiger charge is -2.27. The van der Waals surface area contributed by atoms with Crippen LogP contribution < -0.4 is 10.6 Å². The van der Waals surface area contributed by atoms with Crippen molar-refractivity contribution in [1.29, 1.82) is 5.26 Å². The van der Waals surface area contributed by atoms with Gasteiger partial charge in [-0.25, -0.2) is 9.97 Å². The number of halogens is 1. The van der Waals surface area contributed by atoms with E-state index in [9.17, 15) is 15.2 Å². The highest BCUT2D eigenvalue weighted by Gasteiger charge is 2.24. The van der Waals surface area contributed by atoms with E-state index in [-0.39, 0.29) is 23.7 Å². The molecule has 1 fully saturated rings. The highest BCUT2D eigenvalue weighted by molar-refractivity contribution is 9.10. The first-order chi connectivity index (χ1) is 13.0. The number of hydrogen-bond acceptors (Lipinski definition) is 8. The number of pyridine rings is 2. The maximum Gasteiger partial charge on any atom is 0.313 e. The van der Waals surface area contributed by atoms with Gasteiger partial charge in [0.1, 0.15) is 17.7 Å². The molecule has 2 atom stereocenters. The summed E-state index contributed by atoms with van der Waals surface area (Å²) in [5.74, 6) is 0.834. The zero-order valence-corrected chi connectivity index (χ0v) is 15.8. The topological polar surface area (TPSA) is 137 Å². The first-order valence-electron chi connectivity index (χ1n) is 8.39. The number of aliphatic hydroxyl groups is 1. The van der Waals surface area contributed by atoms with Gasteiger partial charge >= 0.3 is 5.69 Å². The van der Waals surface area contributed by atoms with Crippen LogP contribution in [0.5, 0.6) is 0 Å². The monoisotopic (exact) mass is 432 g/mol. The molecule has 27 heavy (non-hydrogen) atoms. The van der Waals surface area contributed by atoms with E-state index in [2.05, 4.69) is 36.5 Å². The predicted molar refractivity (Wildman–Crippen MR) is 103 cm³/mol. The van der Waals surface area contributed by atoms with Gasteiger partial charge in [-0.3, -0.25) is 10.1 Å². The van der Waals surface area contributed by atoms with Gasteiger partial charge in [0.05, 0.1) is 21.1 Å². The Hall–Kier alpha value is -2.77. The van der Waals surface area contributed by atoms with Crippen molar-refractivity contribution in [3.63, 3.8) is 0 Å². The van der Waals surface area contributed by atoms with E-state index >= 15 is 0 Å². The van der Waals surface area contributed by atoms with Crippen molar-refractivity contribution in [3.8, 4) is 6.07 Å². The second-order valence-electron chi connectivity index (χ2n) is 6.27. The molecule has 0 aliphatic heterocycles. The number of hydrogen-bond donors (Lipinski definition) is 3. The molecule has 1 saturated carbocycles. The van der Waals surface area contributed by atoms with Crippen LogP contribution in [0.15, 0.2) is 28.9 Å². The van der Waals surface area contributed by atoms with E-state index < -0.39 is 4.92 Å². The molecule has 2 aromatic rings. The number of rotatable bonds is 5. The molecule has 0 radical (unpaired) electrons. The molecular formula is C17H17BrN6O3. The fourth-order valence-electron chi connectivity index (χ4n) is 2.96. The van der Waals surface area contributed by atoms with Crippen molar-refractivity contribution in [2.45, 2.75) is 37.8 Å². The van der Waals surface area contributed by atoms with Crippen molar-refractivity contribution in [2.24, 2.45) is 0 Å². The number of anilines is 3. The van der Waals surface area contributed by atoms with Crippen molar-refractivity contribution in [1.82, 2.24) is 9.97 Å². The maximum atomic E-state index is 11.4. The summed E-state index contributed by atoms with van der Waals surface area (Å²) in [4.78, 5) is 19.3. The highest BCUT2D eigenvalue weighted by Crippen LogP contribution is 2.34. The van der Waals surface area contributed by atoms with Crippen LogP contribution in [-0.2, 0) is 0 Å². The predicted octanol–water partition coefficient (Wildman–Crippen LogP) is 3.48. The molecule has 2 heterocycles. The molecule has 10 heteroatoms. The van der Waals surface area contributed by atoms with Crippen LogP contribution in [0.2, 0.25) is 0 Å². The molecule has 1 aliphatic rings. The lowest BCUT2D eigenvalue weighted by Crippen LogP contribution is -2.30. The molecule has 9 nitrogen and oxygen atoms in total. The minimum absolute atomic E-state index is 0.0410. The first kappa shape index (κ1) is 19.0. The van der Waals surface area contributed by atoms with Gasteiger partial charge in [0.2, 0.25) is 5.82 Å². The van der Waals surface area contributed by atoms with Crippen LogP contribution in [0.4, 0.5) is 23.1 Å². The molecule has 0 bridgehead atoms. The van der Waals surface area contributed by atoms with E-state index in [0.29, 0.717) is 28.1 Å². The third-order valence-corrected chi connectivity index (χ3v) is 4.88. The summed E-state index contributed by atoms with van der Waals surface area (Å²) in [6, 6.07) is 6.49. The normalized spacial score (nSPS) is 19.1. The summed E-state index contributed by atoms with van der Waals surface area (Å²) in [5.41, 5.74) is 0.180. The second-order valence-corrected chi connectivity index (χ2v) is 7.13. The Morgan fingerprint density at radius 2 is 2.19 bits per heavy atom. The summed E-state index contributed by atoms with van der Waals surface area (Å²) in [6.07, 6.45) is 4.20. The van der Waals surface area contributed by atoms with E-state index in [0.717, 1.165) is 19.3 Å². The average Bonchev–Trinajstić information content (AvgIpc) is 2.64. The fraction of sp³-hybridized carbons (Fsp3) is 0.353. The van der Waals surface area contributed by atoms with E-state index in [1.807, 2.05) is 6.07 Å². The molecule has 0 saturated heterocycles. The number of aromatic nitrogens is 2. The molecule has 2 unspecified atom stereocenters.